The number of carbonyl (C=O) groups is 2. The van der Waals surface area contributed by atoms with E-state index in [1.807, 2.05) is 13.8 Å². The van der Waals surface area contributed by atoms with Gasteiger partial charge in [-0.25, -0.2) is 4.79 Å². The number of esters is 1. The SMILES string of the molecule is CCN(CC)C(=O)c1cccc(N/C=C(/C#N)C(=O)OC)c1. The second-order valence-corrected chi connectivity index (χ2v) is 4.36. The fourth-order valence-electron chi connectivity index (χ4n) is 1.84. The monoisotopic (exact) mass is 301 g/mol. The number of nitrogens with zero attached hydrogens (tertiary/aromatic N) is 2. The number of hydrogen-bond acceptors (Lipinski definition) is 5. The van der Waals surface area contributed by atoms with E-state index >= 15 is 0 Å². The van der Waals surface area contributed by atoms with Crippen LogP contribution in [0.25, 0.3) is 0 Å². The minimum absolute atomic E-state index is 0.0638. The molecule has 22 heavy (non-hydrogen) atoms. The average molecular weight is 301 g/mol. The molecule has 1 N–H and O–H groups in total. The van der Waals surface area contributed by atoms with Crippen LogP contribution >= 0.6 is 0 Å². The first-order valence-electron chi connectivity index (χ1n) is 6.91. The molecule has 0 radical (unpaired) electrons. The van der Waals surface area contributed by atoms with Gasteiger partial charge in [-0.05, 0) is 32.0 Å². The molecule has 116 valence electrons. The summed E-state index contributed by atoms with van der Waals surface area (Å²) in [7, 11) is 1.21. The van der Waals surface area contributed by atoms with E-state index in [1.54, 1.807) is 35.2 Å². The molecular formula is C16H19N3O3. The quantitative estimate of drug-likeness (QED) is 0.494. The zero-order chi connectivity index (χ0) is 16.5. The van der Waals surface area contributed by atoms with Crippen molar-refractivity contribution in [2.24, 2.45) is 0 Å². The summed E-state index contributed by atoms with van der Waals surface area (Å²) in [6.45, 7) is 5.10. The summed E-state index contributed by atoms with van der Waals surface area (Å²) in [6, 6.07) is 8.61. The Morgan fingerprint density at radius 1 is 1.36 bits per heavy atom. The molecule has 0 aliphatic heterocycles. The average Bonchev–Trinajstić information content (AvgIpc) is 2.56. The molecule has 0 atom stereocenters. The molecule has 0 saturated carbocycles. The van der Waals surface area contributed by atoms with E-state index in [4.69, 9.17) is 5.26 Å². The summed E-state index contributed by atoms with van der Waals surface area (Å²) in [6.07, 6.45) is 1.26. The Bertz CT molecular complexity index is 613. The maximum atomic E-state index is 12.3. The Morgan fingerprint density at radius 3 is 2.59 bits per heavy atom. The summed E-state index contributed by atoms with van der Waals surface area (Å²) < 4.78 is 4.48. The molecule has 0 saturated heterocycles. The van der Waals surface area contributed by atoms with Gasteiger partial charge in [-0.15, -0.1) is 0 Å². The molecule has 0 aliphatic rings. The number of carbonyl (C=O) groups excluding carboxylic acids is 2. The highest BCUT2D eigenvalue weighted by Crippen LogP contribution is 2.13. The lowest BCUT2D eigenvalue weighted by Crippen LogP contribution is -2.30. The van der Waals surface area contributed by atoms with Crippen LogP contribution in [0.15, 0.2) is 36.0 Å². The smallest absolute Gasteiger partial charge is 0.350 e. The number of rotatable bonds is 6. The number of ether oxygens (including phenoxy) is 1. The highest BCUT2D eigenvalue weighted by molar-refractivity contribution is 5.95. The molecule has 1 aromatic rings. The summed E-state index contributed by atoms with van der Waals surface area (Å²) in [5.74, 6) is -0.781. The molecule has 1 aromatic carbocycles. The van der Waals surface area contributed by atoms with Gasteiger partial charge in [0, 0.05) is 30.5 Å². The zero-order valence-corrected chi connectivity index (χ0v) is 12.9. The van der Waals surface area contributed by atoms with Gasteiger partial charge in [0.05, 0.1) is 7.11 Å². The lowest BCUT2D eigenvalue weighted by molar-refractivity contribution is -0.135. The lowest BCUT2D eigenvalue weighted by Gasteiger charge is -2.18. The van der Waals surface area contributed by atoms with Crippen LogP contribution in [0.3, 0.4) is 0 Å². The molecule has 0 bridgehead atoms. The van der Waals surface area contributed by atoms with Gasteiger partial charge in [-0.3, -0.25) is 4.79 Å². The molecule has 0 fully saturated rings. The van der Waals surface area contributed by atoms with Crippen LogP contribution in [0.2, 0.25) is 0 Å². The van der Waals surface area contributed by atoms with E-state index in [-0.39, 0.29) is 11.5 Å². The summed E-state index contributed by atoms with van der Waals surface area (Å²) in [5.41, 5.74) is 0.997. The van der Waals surface area contributed by atoms with Crippen molar-refractivity contribution in [3.8, 4) is 6.07 Å². The van der Waals surface area contributed by atoms with Gasteiger partial charge < -0.3 is 15.0 Å². The molecule has 1 amide bonds. The van der Waals surface area contributed by atoms with E-state index in [9.17, 15) is 9.59 Å². The predicted molar refractivity (Wildman–Crippen MR) is 83.0 cm³/mol. The van der Waals surface area contributed by atoms with Crippen molar-refractivity contribution in [1.29, 1.82) is 5.26 Å². The first kappa shape index (κ1) is 17.2. The Balaban J connectivity index is 2.94. The lowest BCUT2D eigenvalue weighted by atomic mass is 10.1. The van der Waals surface area contributed by atoms with Crippen molar-refractivity contribution >= 4 is 17.6 Å². The maximum absolute atomic E-state index is 12.3. The Morgan fingerprint density at radius 2 is 2.05 bits per heavy atom. The fourth-order valence-corrected chi connectivity index (χ4v) is 1.84. The van der Waals surface area contributed by atoms with Gasteiger partial charge in [-0.1, -0.05) is 6.07 Å². The normalized spacial score (nSPS) is 10.5. The molecule has 1 rings (SSSR count). The zero-order valence-electron chi connectivity index (χ0n) is 12.9. The third kappa shape index (κ3) is 4.35. The molecule has 0 unspecified atom stereocenters. The van der Waals surface area contributed by atoms with Crippen LogP contribution in [0.5, 0.6) is 0 Å². The molecule has 6 heteroatoms. The number of methoxy groups -OCH3 is 1. The van der Waals surface area contributed by atoms with Crippen LogP contribution < -0.4 is 5.32 Å². The molecule has 0 heterocycles. The van der Waals surface area contributed by atoms with E-state index in [2.05, 4.69) is 10.1 Å². The second-order valence-electron chi connectivity index (χ2n) is 4.36. The van der Waals surface area contributed by atoms with E-state index in [0.717, 1.165) is 0 Å². The van der Waals surface area contributed by atoms with Crippen molar-refractivity contribution in [3.63, 3.8) is 0 Å². The predicted octanol–water partition coefficient (Wildman–Crippen LogP) is 2.16. The van der Waals surface area contributed by atoms with E-state index in [1.165, 1.54) is 13.3 Å². The minimum atomic E-state index is -0.717. The largest absolute Gasteiger partial charge is 0.465 e. The Labute approximate surface area is 130 Å². The van der Waals surface area contributed by atoms with E-state index < -0.39 is 5.97 Å². The highest BCUT2D eigenvalue weighted by Gasteiger charge is 2.13. The third-order valence-electron chi connectivity index (χ3n) is 3.07. The molecule has 0 aliphatic carbocycles. The van der Waals surface area contributed by atoms with Gasteiger partial charge in [0.15, 0.2) is 5.57 Å². The number of hydrogen-bond donors (Lipinski definition) is 1. The summed E-state index contributed by atoms with van der Waals surface area (Å²) in [4.78, 5) is 25.3. The van der Waals surface area contributed by atoms with Crippen LogP contribution in [0.4, 0.5) is 5.69 Å². The summed E-state index contributed by atoms with van der Waals surface area (Å²) in [5, 5.41) is 11.7. The number of benzene rings is 1. The number of amides is 1. The molecule has 0 aromatic heterocycles. The van der Waals surface area contributed by atoms with Crippen LogP contribution in [0, 0.1) is 11.3 Å². The van der Waals surface area contributed by atoms with Crippen LogP contribution in [0.1, 0.15) is 24.2 Å². The van der Waals surface area contributed by atoms with Crippen molar-refractivity contribution in [3.05, 3.63) is 41.6 Å². The van der Waals surface area contributed by atoms with Gasteiger partial charge in [0.2, 0.25) is 0 Å². The summed E-state index contributed by atoms with van der Waals surface area (Å²) >= 11 is 0. The minimum Gasteiger partial charge on any atom is -0.465 e. The first-order valence-corrected chi connectivity index (χ1v) is 6.91. The fraction of sp³-hybridized carbons (Fsp3) is 0.312. The Hall–Kier alpha value is -2.81. The van der Waals surface area contributed by atoms with E-state index in [0.29, 0.717) is 24.3 Å². The van der Waals surface area contributed by atoms with Gasteiger partial charge >= 0.3 is 5.97 Å². The second kappa shape index (κ2) is 8.47. The van der Waals surface area contributed by atoms with Crippen LogP contribution in [-0.2, 0) is 9.53 Å². The van der Waals surface area contributed by atoms with Crippen molar-refractivity contribution in [1.82, 2.24) is 4.90 Å². The third-order valence-corrected chi connectivity index (χ3v) is 3.07. The molecule has 0 spiro atoms. The first-order chi connectivity index (χ1) is 10.6. The number of nitrogens with one attached hydrogen (secondary N) is 1. The van der Waals surface area contributed by atoms with Crippen LogP contribution in [-0.4, -0.2) is 37.0 Å². The van der Waals surface area contributed by atoms with Gasteiger partial charge in [0.1, 0.15) is 6.07 Å². The van der Waals surface area contributed by atoms with Crippen molar-refractivity contribution in [2.75, 3.05) is 25.5 Å². The van der Waals surface area contributed by atoms with Crippen molar-refractivity contribution in [2.45, 2.75) is 13.8 Å². The highest BCUT2D eigenvalue weighted by atomic mass is 16.5. The topological polar surface area (TPSA) is 82.4 Å². The maximum Gasteiger partial charge on any atom is 0.350 e. The molecule has 6 nitrogen and oxygen atoms in total. The Kier molecular flexibility index (Phi) is 6.64. The molecular weight excluding hydrogens is 282 g/mol. The van der Waals surface area contributed by atoms with Gasteiger partial charge in [-0.2, -0.15) is 5.26 Å². The number of anilines is 1. The number of nitriles is 1. The van der Waals surface area contributed by atoms with Gasteiger partial charge in [0.25, 0.3) is 5.91 Å². The van der Waals surface area contributed by atoms with Crippen molar-refractivity contribution < 1.29 is 14.3 Å². The standard InChI is InChI=1S/C16H19N3O3/c1-4-19(5-2)15(20)12-7-6-8-14(9-12)18-11-13(10-17)16(21)22-3/h6-9,11,18H,4-5H2,1-3H3/b13-11-.